The third-order valence-electron chi connectivity index (χ3n) is 6.26. The highest BCUT2D eigenvalue weighted by atomic mass is 35.5. The molecule has 7 heteroatoms. The van der Waals surface area contributed by atoms with E-state index in [2.05, 4.69) is 48.5 Å². The van der Waals surface area contributed by atoms with Crippen LogP contribution in [0.5, 0.6) is 5.75 Å². The molecule has 5 rings (SSSR count). The van der Waals surface area contributed by atoms with Crippen molar-refractivity contribution in [1.29, 1.82) is 0 Å². The number of hydrogen-bond acceptors (Lipinski definition) is 4. The third kappa shape index (κ3) is 5.54. The predicted octanol–water partition coefficient (Wildman–Crippen LogP) is 7.59. The Kier molecular flexibility index (Phi) is 7.01. The summed E-state index contributed by atoms with van der Waals surface area (Å²) in [4.78, 5) is 12.8. The van der Waals surface area contributed by atoms with Gasteiger partial charge in [0, 0.05) is 17.3 Å². The Morgan fingerprint density at radius 1 is 1.08 bits per heavy atom. The summed E-state index contributed by atoms with van der Waals surface area (Å²) < 4.78 is 13.6. The van der Waals surface area contributed by atoms with Crippen molar-refractivity contribution in [2.45, 2.75) is 39.8 Å². The Morgan fingerprint density at radius 3 is 2.73 bits per heavy atom. The molecule has 3 aromatic carbocycles. The van der Waals surface area contributed by atoms with Gasteiger partial charge in [0.25, 0.3) is 5.91 Å². The number of aromatic nitrogens is 2. The first kappa shape index (κ1) is 24.7. The second-order valence-electron chi connectivity index (χ2n) is 9.34. The van der Waals surface area contributed by atoms with Crippen molar-refractivity contribution in [3.63, 3.8) is 0 Å². The van der Waals surface area contributed by atoms with E-state index in [1.54, 1.807) is 22.9 Å². The van der Waals surface area contributed by atoms with Gasteiger partial charge in [-0.2, -0.15) is 5.10 Å². The van der Waals surface area contributed by atoms with Crippen molar-refractivity contribution in [2.75, 3.05) is 5.32 Å². The standard InChI is InChI=1S/C30H28ClN3O3/c1-19(2)25-16-26(31)20(3)15-28(25)36-18-23-11-12-27(37-23)30(35)32-29-13-14-34(33-29)17-22-9-6-8-21-7-4-5-10-24(21)22/h4-16,19H,17-18H2,1-3H3,(H,32,33,35). The summed E-state index contributed by atoms with van der Waals surface area (Å²) in [5.41, 5.74) is 3.13. The lowest BCUT2D eigenvalue weighted by molar-refractivity contribution is 0.0992. The van der Waals surface area contributed by atoms with Gasteiger partial charge in [0.15, 0.2) is 11.6 Å². The minimum absolute atomic E-state index is 0.193. The molecule has 188 valence electrons. The summed E-state index contributed by atoms with van der Waals surface area (Å²) in [6.07, 6.45) is 1.85. The highest BCUT2D eigenvalue weighted by molar-refractivity contribution is 6.31. The smallest absolute Gasteiger partial charge is 0.292 e. The number of carbonyl (C=O) groups excluding carboxylic acids is 1. The van der Waals surface area contributed by atoms with Gasteiger partial charge in [-0.25, -0.2) is 0 Å². The molecule has 0 unspecified atom stereocenters. The van der Waals surface area contributed by atoms with E-state index >= 15 is 0 Å². The molecule has 2 heterocycles. The number of anilines is 1. The molecule has 0 fully saturated rings. The maximum atomic E-state index is 12.8. The summed E-state index contributed by atoms with van der Waals surface area (Å²) in [6.45, 7) is 6.92. The molecule has 0 aliphatic rings. The molecule has 0 spiro atoms. The average molecular weight is 514 g/mol. The molecule has 1 N–H and O–H groups in total. The summed E-state index contributed by atoms with van der Waals surface area (Å²) >= 11 is 6.29. The van der Waals surface area contributed by atoms with Crippen molar-refractivity contribution in [3.05, 3.63) is 112 Å². The Hall–Kier alpha value is -4.03. The maximum absolute atomic E-state index is 12.8. The first-order valence-corrected chi connectivity index (χ1v) is 12.6. The van der Waals surface area contributed by atoms with Crippen molar-refractivity contribution >= 4 is 34.1 Å². The second-order valence-corrected chi connectivity index (χ2v) is 9.75. The van der Waals surface area contributed by atoms with Crippen LogP contribution in [-0.2, 0) is 13.2 Å². The average Bonchev–Trinajstić information content (AvgIpc) is 3.54. The number of nitrogens with one attached hydrogen (secondary N) is 1. The minimum atomic E-state index is -0.369. The third-order valence-corrected chi connectivity index (χ3v) is 6.67. The number of furan rings is 1. The van der Waals surface area contributed by atoms with E-state index < -0.39 is 0 Å². The minimum Gasteiger partial charge on any atom is -0.485 e. The highest BCUT2D eigenvalue weighted by Crippen LogP contribution is 2.32. The molecule has 37 heavy (non-hydrogen) atoms. The van der Waals surface area contributed by atoms with Crippen molar-refractivity contribution < 1.29 is 13.9 Å². The number of ether oxygens (including phenoxy) is 1. The fourth-order valence-electron chi connectivity index (χ4n) is 4.27. The molecular formula is C30H28ClN3O3. The van der Waals surface area contributed by atoms with E-state index in [0.717, 1.165) is 22.4 Å². The van der Waals surface area contributed by atoms with Gasteiger partial charge < -0.3 is 14.5 Å². The van der Waals surface area contributed by atoms with Crippen LogP contribution in [0.1, 0.15) is 52.8 Å². The van der Waals surface area contributed by atoms with Crippen molar-refractivity contribution in [3.8, 4) is 5.75 Å². The van der Waals surface area contributed by atoms with Crippen LogP contribution in [0, 0.1) is 6.92 Å². The number of benzene rings is 3. The summed E-state index contributed by atoms with van der Waals surface area (Å²) in [7, 11) is 0. The first-order valence-electron chi connectivity index (χ1n) is 12.2. The van der Waals surface area contributed by atoms with Gasteiger partial charge in [0.1, 0.15) is 18.1 Å². The van der Waals surface area contributed by atoms with Gasteiger partial charge in [-0.1, -0.05) is 67.9 Å². The zero-order chi connectivity index (χ0) is 25.9. The second kappa shape index (κ2) is 10.5. The number of nitrogens with zero attached hydrogens (tertiary/aromatic N) is 2. The van der Waals surface area contributed by atoms with Crippen LogP contribution in [0.15, 0.2) is 83.4 Å². The monoisotopic (exact) mass is 513 g/mol. The molecule has 6 nitrogen and oxygen atoms in total. The number of halogens is 1. The van der Waals surface area contributed by atoms with E-state index in [1.807, 2.05) is 43.5 Å². The zero-order valence-corrected chi connectivity index (χ0v) is 21.8. The zero-order valence-electron chi connectivity index (χ0n) is 21.0. The van der Waals surface area contributed by atoms with Crippen LogP contribution in [-0.4, -0.2) is 15.7 Å². The molecule has 0 saturated carbocycles. The van der Waals surface area contributed by atoms with Gasteiger partial charge >= 0.3 is 0 Å². The van der Waals surface area contributed by atoms with Gasteiger partial charge in [0.05, 0.1) is 6.54 Å². The first-order chi connectivity index (χ1) is 17.9. The molecule has 2 aromatic heterocycles. The van der Waals surface area contributed by atoms with E-state index in [9.17, 15) is 4.79 Å². The van der Waals surface area contributed by atoms with E-state index in [-0.39, 0.29) is 24.2 Å². The number of amides is 1. The van der Waals surface area contributed by atoms with Crippen molar-refractivity contribution in [1.82, 2.24) is 9.78 Å². The van der Waals surface area contributed by atoms with Crippen LogP contribution in [0.2, 0.25) is 5.02 Å². The quantitative estimate of drug-likeness (QED) is 0.232. The molecule has 5 aromatic rings. The topological polar surface area (TPSA) is 69.3 Å². The number of rotatable bonds is 8. The maximum Gasteiger partial charge on any atom is 0.292 e. The van der Waals surface area contributed by atoms with E-state index in [0.29, 0.717) is 23.1 Å². The lowest BCUT2D eigenvalue weighted by atomic mass is 10.0. The molecule has 0 atom stereocenters. The van der Waals surface area contributed by atoms with Crippen LogP contribution in [0.25, 0.3) is 10.8 Å². The fourth-order valence-corrected chi connectivity index (χ4v) is 4.44. The van der Waals surface area contributed by atoms with Gasteiger partial charge in [-0.15, -0.1) is 0 Å². The van der Waals surface area contributed by atoms with Gasteiger partial charge in [-0.05, 0) is 64.6 Å². The normalized spacial score (nSPS) is 11.3. The molecule has 0 saturated heterocycles. The van der Waals surface area contributed by atoms with E-state index in [1.165, 1.54) is 10.8 Å². The summed E-state index contributed by atoms with van der Waals surface area (Å²) in [5, 5.41) is 10.4. The molecular weight excluding hydrogens is 486 g/mol. The van der Waals surface area contributed by atoms with Crippen LogP contribution < -0.4 is 10.1 Å². The number of hydrogen-bond donors (Lipinski definition) is 1. The Balaban J connectivity index is 1.22. The van der Waals surface area contributed by atoms with Crippen LogP contribution in [0.3, 0.4) is 0 Å². The number of aryl methyl sites for hydroxylation is 1. The van der Waals surface area contributed by atoms with Crippen molar-refractivity contribution in [2.24, 2.45) is 0 Å². The largest absolute Gasteiger partial charge is 0.485 e. The summed E-state index contributed by atoms with van der Waals surface area (Å²) in [6, 6.07) is 23.5. The number of fused-ring (bicyclic) bond motifs is 1. The molecule has 0 radical (unpaired) electrons. The lowest BCUT2D eigenvalue weighted by Crippen LogP contribution is -2.12. The lowest BCUT2D eigenvalue weighted by Gasteiger charge is -2.15. The van der Waals surface area contributed by atoms with Gasteiger partial charge in [0.2, 0.25) is 0 Å². The predicted molar refractivity (Wildman–Crippen MR) is 147 cm³/mol. The molecule has 0 bridgehead atoms. The molecule has 1 amide bonds. The Morgan fingerprint density at radius 2 is 1.89 bits per heavy atom. The fraction of sp³-hybridized carbons (Fsp3) is 0.200. The van der Waals surface area contributed by atoms with E-state index in [4.69, 9.17) is 20.8 Å². The highest BCUT2D eigenvalue weighted by Gasteiger charge is 2.15. The van der Waals surface area contributed by atoms with Crippen LogP contribution in [0.4, 0.5) is 5.82 Å². The molecule has 0 aliphatic heterocycles. The summed E-state index contributed by atoms with van der Waals surface area (Å²) in [5.74, 6) is 1.85. The van der Waals surface area contributed by atoms with Crippen LogP contribution >= 0.6 is 11.6 Å². The Labute approximate surface area is 220 Å². The van der Waals surface area contributed by atoms with Gasteiger partial charge in [-0.3, -0.25) is 9.48 Å². The SMILES string of the molecule is Cc1cc(OCc2ccc(C(=O)Nc3ccn(Cc4cccc5ccccc45)n3)o2)c(C(C)C)cc1Cl. The number of carbonyl (C=O) groups is 1. The molecule has 0 aliphatic carbocycles. The Bertz CT molecular complexity index is 1560.